The number of alkyl carbamates (subject to hydrolysis) is 1. The highest BCUT2D eigenvalue weighted by atomic mass is 28.4. The zero-order chi connectivity index (χ0) is 25.0. The largest absolute Gasteiger partial charge is 0.467 e. The maximum Gasteiger partial charge on any atom is 0.408 e. The molecule has 1 aliphatic carbocycles. The van der Waals surface area contributed by atoms with Gasteiger partial charge in [0.1, 0.15) is 11.6 Å². The maximum atomic E-state index is 12.8. The van der Waals surface area contributed by atoms with Crippen LogP contribution in [0.5, 0.6) is 0 Å². The van der Waals surface area contributed by atoms with Crippen LogP contribution in [0.2, 0.25) is 18.1 Å². The van der Waals surface area contributed by atoms with Crippen molar-refractivity contribution < 1.29 is 23.5 Å². The molecule has 184 valence electrons. The van der Waals surface area contributed by atoms with Crippen LogP contribution in [0.15, 0.2) is 36.4 Å². The molecule has 0 heterocycles. The Morgan fingerprint density at radius 2 is 1.64 bits per heavy atom. The number of hydrogen-bond donors (Lipinski definition) is 1. The Morgan fingerprint density at radius 3 is 2.15 bits per heavy atom. The lowest BCUT2D eigenvalue weighted by atomic mass is 9.78. The zero-order valence-corrected chi connectivity index (χ0v) is 22.7. The van der Waals surface area contributed by atoms with Crippen LogP contribution in [0.4, 0.5) is 4.79 Å². The lowest BCUT2D eigenvalue weighted by Gasteiger charge is -2.41. The number of hydrogen-bond acceptors (Lipinski definition) is 5. The summed E-state index contributed by atoms with van der Waals surface area (Å²) in [5.41, 5.74) is 1.32. The molecule has 0 spiro atoms. The number of amides is 1. The number of ether oxygens (including phenoxy) is 2. The van der Waals surface area contributed by atoms with Crippen molar-refractivity contribution in [3.8, 4) is 0 Å². The highest BCUT2D eigenvalue weighted by Gasteiger charge is 2.42. The van der Waals surface area contributed by atoms with Gasteiger partial charge in [0.25, 0.3) is 0 Å². The molecule has 0 fully saturated rings. The van der Waals surface area contributed by atoms with Gasteiger partial charge in [-0.3, -0.25) is 0 Å². The number of benzene rings is 1. The molecule has 1 aliphatic rings. The SMILES string of the molecule is COC(=O)[C@H](NC(=O)OC(C)(C)C)[C@@H]1CC[C@H](O[Si](C)(C)C(C)(C)C)C=C1c1ccccc1. The minimum atomic E-state index is -1.98. The van der Waals surface area contributed by atoms with E-state index in [1.165, 1.54) is 7.11 Å². The van der Waals surface area contributed by atoms with Crippen molar-refractivity contribution in [3.05, 3.63) is 42.0 Å². The minimum Gasteiger partial charge on any atom is -0.467 e. The molecule has 0 saturated heterocycles. The van der Waals surface area contributed by atoms with Crippen molar-refractivity contribution in [3.63, 3.8) is 0 Å². The molecule has 0 aliphatic heterocycles. The predicted molar refractivity (Wildman–Crippen MR) is 134 cm³/mol. The average Bonchev–Trinajstić information content (AvgIpc) is 2.70. The Morgan fingerprint density at radius 1 is 1.03 bits per heavy atom. The summed E-state index contributed by atoms with van der Waals surface area (Å²) >= 11 is 0. The molecule has 0 bridgehead atoms. The highest BCUT2D eigenvalue weighted by Crippen LogP contribution is 2.41. The summed E-state index contributed by atoms with van der Waals surface area (Å²) in [7, 11) is -0.642. The van der Waals surface area contributed by atoms with E-state index in [2.05, 4.69) is 45.3 Å². The molecular weight excluding hydrogens is 434 g/mol. The van der Waals surface area contributed by atoms with Gasteiger partial charge >= 0.3 is 12.1 Å². The second-order valence-electron chi connectivity index (χ2n) is 11.2. The van der Waals surface area contributed by atoms with Crippen LogP contribution >= 0.6 is 0 Å². The van der Waals surface area contributed by atoms with Crippen LogP contribution in [-0.2, 0) is 18.7 Å². The van der Waals surface area contributed by atoms with E-state index in [1.54, 1.807) is 20.8 Å². The fourth-order valence-electron chi connectivity index (χ4n) is 3.73. The van der Waals surface area contributed by atoms with Gasteiger partial charge in [-0.05, 0) is 62.9 Å². The molecule has 1 aromatic carbocycles. The van der Waals surface area contributed by atoms with E-state index in [4.69, 9.17) is 13.9 Å². The lowest BCUT2D eigenvalue weighted by Crippen LogP contribution is -2.50. The third-order valence-corrected chi connectivity index (χ3v) is 10.9. The smallest absolute Gasteiger partial charge is 0.408 e. The standard InChI is InChI=1S/C26H41NO5Si/c1-25(2,3)31-24(29)27-22(23(28)30-7)20-16-15-19(32-33(8,9)26(4,5)6)17-21(20)18-13-11-10-12-14-18/h10-14,17,19-20,22H,15-16H2,1-9H3,(H,27,29)/t19-,20+,22+/m0/s1. The fraction of sp³-hybridized carbons (Fsp3) is 0.615. The summed E-state index contributed by atoms with van der Waals surface area (Å²) in [6, 6.07) is 9.09. The highest BCUT2D eigenvalue weighted by molar-refractivity contribution is 6.74. The summed E-state index contributed by atoms with van der Waals surface area (Å²) in [6.45, 7) is 16.5. The van der Waals surface area contributed by atoms with Gasteiger partial charge in [-0.25, -0.2) is 9.59 Å². The summed E-state index contributed by atoms with van der Waals surface area (Å²) in [5.74, 6) is -0.747. The summed E-state index contributed by atoms with van der Waals surface area (Å²) in [4.78, 5) is 25.3. The molecule has 0 radical (unpaired) electrons. The maximum absolute atomic E-state index is 12.8. The fourth-order valence-corrected chi connectivity index (χ4v) is 5.02. The first kappa shape index (κ1) is 27.1. The van der Waals surface area contributed by atoms with Gasteiger partial charge in [-0.1, -0.05) is 57.2 Å². The molecule has 7 heteroatoms. The Hall–Kier alpha value is -2.12. The van der Waals surface area contributed by atoms with Crippen molar-refractivity contribution in [2.45, 2.75) is 90.3 Å². The van der Waals surface area contributed by atoms with E-state index in [1.807, 2.05) is 30.3 Å². The summed E-state index contributed by atoms with van der Waals surface area (Å²) < 4.78 is 17.2. The molecule has 1 N–H and O–H groups in total. The van der Waals surface area contributed by atoms with Gasteiger partial charge in [0.2, 0.25) is 0 Å². The van der Waals surface area contributed by atoms with E-state index in [0.29, 0.717) is 6.42 Å². The molecule has 33 heavy (non-hydrogen) atoms. The Labute approximate surface area is 200 Å². The number of nitrogens with one attached hydrogen (secondary N) is 1. The number of esters is 1. The van der Waals surface area contributed by atoms with E-state index in [9.17, 15) is 9.59 Å². The first-order chi connectivity index (χ1) is 15.1. The topological polar surface area (TPSA) is 73.9 Å². The number of methoxy groups -OCH3 is 1. The van der Waals surface area contributed by atoms with Crippen LogP contribution in [0.3, 0.4) is 0 Å². The summed E-state index contributed by atoms with van der Waals surface area (Å²) in [6.07, 6.45) is 2.89. The predicted octanol–water partition coefficient (Wildman–Crippen LogP) is 5.94. The molecule has 1 amide bonds. The van der Waals surface area contributed by atoms with Gasteiger partial charge in [0.15, 0.2) is 8.32 Å². The van der Waals surface area contributed by atoms with Crippen LogP contribution < -0.4 is 5.32 Å². The van der Waals surface area contributed by atoms with Crippen molar-refractivity contribution in [2.24, 2.45) is 5.92 Å². The molecule has 0 saturated carbocycles. The van der Waals surface area contributed by atoms with Gasteiger partial charge < -0.3 is 19.2 Å². The third-order valence-electron chi connectivity index (χ3n) is 6.42. The van der Waals surface area contributed by atoms with Gasteiger partial charge in [0, 0.05) is 5.92 Å². The van der Waals surface area contributed by atoms with Gasteiger partial charge in [-0.15, -0.1) is 0 Å². The van der Waals surface area contributed by atoms with Crippen LogP contribution in [0.1, 0.15) is 59.9 Å². The van der Waals surface area contributed by atoms with Gasteiger partial charge in [0.05, 0.1) is 13.2 Å². The van der Waals surface area contributed by atoms with Crippen LogP contribution in [0, 0.1) is 5.92 Å². The molecule has 2 rings (SSSR count). The molecule has 0 aromatic heterocycles. The third kappa shape index (κ3) is 7.44. The van der Waals surface area contributed by atoms with Gasteiger partial charge in [-0.2, -0.15) is 0 Å². The second kappa shape index (κ2) is 10.4. The van der Waals surface area contributed by atoms with Crippen LogP contribution in [0.25, 0.3) is 5.57 Å². The first-order valence-corrected chi connectivity index (χ1v) is 14.6. The number of carbonyl (C=O) groups is 2. The monoisotopic (exact) mass is 475 g/mol. The normalized spacial score (nSPS) is 20.5. The molecule has 3 atom stereocenters. The number of carbonyl (C=O) groups excluding carboxylic acids is 2. The second-order valence-corrected chi connectivity index (χ2v) is 16.0. The Kier molecular flexibility index (Phi) is 8.57. The number of rotatable bonds is 6. The average molecular weight is 476 g/mol. The first-order valence-electron chi connectivity index (χ1n) is 11.7. The Bertz CT molecular complexity index is 852. The molecule has 6 nitrogen and oxygen atoms in total. The quantitative estimate of drug-likeness (QED) is 0.407. The van der Waals surface area contributed by atoms with E-state index < -0.39 is 32.0 Å². The van der Waals surface area contributed by atoms with Crippen molar-refractivity contribution in [2.75, 3.05) is 7.11 Å². The van der Waals surface area contributed by atoms with Crippen LogP contribution in [-0.4, -0.2) is 45.2 Å². The molecular formula is C26H41NO5Si. The lowest BCUT2D eigenvalue weighted by molar-refractivity contribution is -0.144. The summed E-state index contributed by atoms with van der Waals surface area (Å²) in [5, 5.41) is 2.87. The van der Waals surface area contributed by atoms with E-state index in [0.717, 1.165) is 17.6 Å². The Balaban J connectivity index is 2.42. The van der Waals surface area contributed by atoms with Crippen molar-refractivity contribution in [1.29, 1.82) is 0 Å². The minimum absolute atomic E-state index is 0.0443. The zero-order valence-electron chi connectivity index (χ0n) is 21.7. The molecule has 0 unspecified atom stereocenters. The van der Waals surface area contributed by atoms with Crippen molar-refractivity contribution >= 4 is 26.0 Å². The molecule has 1 aromatic rings. The van der Waals surface area contributed by atoms with E-state index in [-0.39, 0.29) is 17.1 Å². The van der Waals surface area contributed by atoms with Crippen molar-refractivity contribution in [1.82, 2.24) is 5.32 Å². The van der Waals surface area contributed by atoms with E-state index >= 15 is 0 Å².